The van der Waals surface area contributed by atoms with Gasteiger partial charge >= 0.3 is 0 Å². The Labute approximate surface area is 178 Å². The first-order valence-corrected chi connectivity index (χ1v) is 11.0. The molecule has 4 atom stereocenters. The van der Waals surface area contributed by atoms with Gasteiger partial charge in [-0.2, -0.15) is 0 Å². The Morgan fingerprint density at radius 2 is 1.24 bits per heavy atom. The second-order valence-corrected chi connectivity index (χ2v) is 9.43. The zero-order chi connectivity index (χ0) is 22.9. The molecule has 0 fully saturated rings. The van der Waals surface area contributed by atoms with Gasteiger partial charge in [-0.15, -0.1) is 0 Å². The van der Waals surface area contributed by atoms with Crippen molar-refractivity contribution in [3.8, 4) is 0 Å². The van der Waals surface area contributed by atoms with E-state index in [2.05, 4.69) is 38.3 Å². The van der Waals surface area contributed by atoms with Crippen LogP contribution in [-0.4, -0.2) is 49.3 Å². The molecule has 0 bridgehead atoms. The van der Waals surface area contributed by atoms with Crippen LogP contribution in [-0.2, 0) is 19.1 Å². The highest BCUT2D eigenvalue weighted by Crippen LogP contribution is 2.35. The summed E-state index contributed by atoms with van der Waals surface area (Å²) in [6, 6.07) is 0. The highest BCUT2D eigenvalue weighted by Gasteiger charge is 2.39. The van der Waals surface area contributed by atoms with Gasteiger partial charge in [0.05, 0.1) is 17.7 Å². The monoisotopic (exact) mass is 414 g/mol. The molecule has 2 N–H and O–H groups in total. The maximum Gasteiger partial charge on any atom is 0.239 e. The fourth-order valence-corrected chi connectivity index (χ4v) is 3.71. The molecular weight excluding hydrogens is 368 g/mol. The lowest BCUT2D eigenvalue weighted by molar-refractivity contribution is -0.137. The minimum Gasteiger partial charge on any atom is -0.379 e. The van der Waals surface area contributed by atoms with Gasteiger partial charge in [-0.3, -0.25) is 9.59 Å². The molecule has 0 radical (unpaired) electrons. The first-order chi connectivity index (χ1) is 13.3. The number of nitrogens with one attached hydrogen (secondary N) is 2. The second-order valence-electron chi connectivity index (χ2n) is 9.43. The number of carbonyl (C=O) groups excluding carboxylic acids is 2. The van der Waals surface area contributed by atoms with E-state index in [1.54, 1.807) is 14.2 Å². The van der Waals surface area contributed by atoms with Gasteiger partial charge in [0, 0.05) is 25.2 Å². The van der Waals surface area contributed by atoms with Crippen LogP contribution in [0.25, 0.3) is 0 Å². The average molecular weight is 415 g/mol. The molecule has 0 aromatic carbocycles. The summed E-state index contributed by atoms with van der Waals surface area (Å²) in [5.74, 6) is -0.291. The lowest BCUT2D eigenvalue weighted by atomic mass is 9.75. The van der Waals surface area contributed by atoms with Gasteiger partial charge in [-0.1, -0.05) is 34.6 Å². The Morgan fingerprint density at radius 1 is 0.759 bits per heavy atom. The number of ether oxygens (including phenoxy) is 2. The minimum atomic E-state index is -0.591. The fourth-order valence-electron chi connectivity index (χ4n) is 3.71. The number of hydrogen-bond donors (Lipinski definition) is 2. The van der Waals surface area contributed by atoms with Crippen molar-refractivity contribution in [1.82, 2.24) is 10.6 Å². The molecule has 29 heavy (non-hydrogen) atoms. The van der Waals surface area contributed by atoms with E-state index in [1.807, 2.05) is 27.7 Å². The minimum absolute atomic E-state index is 0.0321. The molecule has 172 valence electrons. The van der Waals surface area contributed by atoms with Crippen molar-refractivity contribution in [3.63, 3.8) is 0 Å². The van der Waals surface area contributed by atoms with Crippen molar-refractivity contribution in [2.24, 2.45) is 5.41 Å². The molecule has 0 aliphatic heterocycles. The summed E-state index contributed by atoms with van der Waals surface area (Å²) in [7, 11) is 3.39. The van der Waals surface area contributed by atoms with E-state index in [-0.39, 0.29) is 29.6 Å². The van der Waals surface area contributed by atoms with Gasteiger partial charge in [-0.25, -0.2) is 0 Å². The van der Waals surface area contributed by atoms with Crippen molar-refractivity contribution in [3.05, 3.63) is 0 Å². The van der Waals surface area contributed by atoms with E-state index in [4.69, 9.17) is 9.47 Å². The van der Waals surface area contributed by atoms with Crippen LogP contribution in [0.5, 0.6) is 0 Å². The molecule has 0 aromatic heterocycles. The van der Waals surface area contributed by atoms with E-state index < -0.39 is 11.0 Å². The Hall–Kier alpha value is -1.14. The first-order valence-electron chi connectivity index (χ1n) is 11.0. The largest absolute Gasteiger partial charge is 0.379 e. The molecule has 0 aromatic rings. The van der Waals surface area contributed by atoms with E-state index in [0.29, 0.717) is 19.3 Å². The third kappa shape index (κ3) is 8.25. The quantitative estimate of drug-likeness (QED) is 0.446. The fraction of sp³-hybridized carbons (Fsp3) is 0.913. The molecule has 0 aliphatic carbocycles. The van der Waals surface area contributed by atoms with Crippen molar-refractivity contribution >= 4 is 11.8 Å². The number of methoxy groups -OCH3 is 2. The van der Waals surface area contributed by atoms with Crippen LogP contribution < -0.4 is 10.6 Å². The average Bonchev–Trinajstić information content (AvgIpc) is 2.71. The van der Waals surface area contributed by atoms with Gasteiger partial charge in [-0.05, 0) is 59.3 Å². The van der Waals surface area contributed by atoms with Gasteiger partial charge in [0.15, 0.2) is 0 Å². The third-order valence-electron chi connectivity index (χ3n) is 6.97. The first kappa shape index (κ1) is 27.9. The van der Waals surface area contributed by atoms with Gasteiger partial charge in [0.1, 0.15) is 0 Å². The summed E-state index contributed by atoms with van der Waals surface area (Å²) < 4.78 is 11.3. The smallest absolute Gasteiger partial charge is 0.239 e. The summed E-state index contributed by atoms with van der Waals surface area (Å²) >= 11 is 0. The van der Waals surface area contributed by atoms with Crippen molar-refractivity contribution < 1.29 is 19.1 Å². The molecule has 6 nitrogen and oxygen atoms in total. The maximum absolute atomic E-state index is 12.9. The summed E-state index contributed by atoms with van der Waals surface area (Å²) in [4.78, 5) is 25.5. The third-order valence-corrected chi connectivity index (χ3v) is 6.97. The van der Waals surface area contributed by atoms with E-state index in [1.165, 1.54) is 0 Å². The molecule has 0 heterocycles. The van der Waals surface area contributed by atoms with Crippen LogP contribution in [0.3, 0.4) is 0 Å². The van der Waals surface area contributed by atoms with Crippen LogP contribution in [0.15, 0.2) is 0 Å². The summed E-state index contributed by atoms with van der Waals surface area (Å²) in [6.07, 6.45) is 4.44. The molecule has 4 unspecified atom stereocenters. The number of hydrogen-bond acceptors (Lipinski definition) is 4. The number of carbonyl (C=O) groups is 2. The predicted molar refractivity (Wildman–Crippen MR) is 119 cm³/mol. The summed E-state index contributed by atoms with van der Waals surface area (Å²) in [6.45, 7) is 16.2. The lowest BCUT2D eigenvalue weighted by Crippen LogP contribution is -2.54. The molecule has 0 saturated heterocycles. The Morgan fingerprint density at radius 3 is 1.62 bits per heavy atom. The van der Waals surface area contributed by atoms with Gasteiger partial charge in [0.2, 0.25) is 11.8 Å². The van der Waals surface area contributed by atoms with E-state index in [0.717, 1.165) is 19.3 Å². The summed E-state index contributed by atoms with van der Waals surface area (Å²) in [5, 5.41) is 5.95. The van der Waals surface area contributed by atoms with Crippen LogP contribution in [0.2, 0.25) is 0 Å². The van der Waals surface area contributed by atoms with E-state index in [9.17, 15) is 9.59 Å². The molecule has 0 rings (SSSR count). The summed E-state index contributed by atoms with van der Waals surface area (Å²) in [5.41, 5.74) is -1.65. The van der Waals surface area contributed by atoms with Crippen LogP contribution in [0.1, 0.15) is 93.9 Å². The van der Waals surface area contributed by atoms with Crippen LogP contribution >= 0.6 is 0 Å². The Balaban J connectivity index is 5.03. The maximum atomic E-state index is 12.9. The van der Waals surface area contributed by atoms with Gasteiger partial charge < -0.3 is 20.1 Å². The predicted octanol–water partition coefficient (Wildman–Crippen LogP) is 4.21. The molecular formula is C23H46N2O4. The van der Waals surface area contributed by atoms with Crippen LogP contribution in [0.4, 0.5) is 0 Å². The number of amides is 2. The second kappa shape index (κ2) is 11.3. The SMILES string of the molecule is CCC(C)(CC(C)(CC)OC)NC(=O)CNC(=O)C(C)(CC)CC(C)(CC)OC. The molecule has 0 spiro atoms. The Kier molecular flexibility index (Phi) is 10.9. The zero-order valence-electron chi connectivity index (χ0n) is 20.6. The normalized spacial score (nSPS) is 19.9. The van der Waals surface area contributed by atoms with Crippen LogP contribution in [0, 0.1) is 5.41 Å². The molecule has 2 amide bonds. The van der Waals surface area contributed by atoms with Crippen molar-refractivity contribution in [2.75, 3.05) is 20.8 Å². The molecule has 6 heteroatoms. The van der Waals surface area contributed by atoms with Gasteiger partial charge in [0.25, 0.3) is 0 Å². The topological polar surface area (TPSA) is 76.7 Å². The lowest BCUT2D eigenvalue weighted by Gasteiger charge is -2.39. The van der Waals surface area contributed by atoms with E-state index >= 15 is 0 Å². The highest BCUT2D eigenvalue weighted by atomic mass is 16.5. The standard InChI is InChI=1S/C23H46N2O4/c1-11-20(5,16-22(7,13-3)28-9)19(27)24-15-18(26)25-21(6,12-2)17-23(8,14-4)29-10/h11-17H2,1-10H3,(H,24,27)(H,25,26). The van der Waals surface area contributed by atoms with Crippen molar-refractivity contribution in [2.45, 2.75) is 111 Å². The number of rotatable bonds is 14. The molecule has 0 saturated carbocycles. The van der Waals surface area contributed by atoms with Crippen molar-refractivity contribution in [1.29, 1.82) is 0 Å². The molecule has 0 aliphatic rings. The Bertz CT molecular complexity index is 529. The highest BCUT2D eigenvalue weighted by molar-refractivity contribution is 5.88. The zero-order valence-corrected chi connectivity index (χ0v) is 20.6.